The van der Waals surface area contributed by atoms with Crippen molar-refractivity contribution in [3.63, 3.8) is 0 Å². The minimum absolute atomic E-state index is 0.444. The normalized spacial score (nSPS) is 27.3. The number of nitrogens with one attached hydrogen (secondary N) is 2. The molecule has 22 heavy (non-hydrogen) atoms. The number of nitrogen functional groups attached to an aromatic ring is 1. The van der Waals surface area contributed by atoms with Gasteiger partial charge in [0, 0.05) is 11.7 Å². The summed E-state index contributed by atoms with van der Waals surface area (Å²) < 4.78 is 0. The van der Waals surface area contributed by atoms with Gasteiger partial charge in [0.2, 0.25) is 5.95 Å². The van der Waals surface area contributed by atoms with E-state index in [4.69, 9.17) is 5.73 Å². The molecule has 1 saturated heterocycles. The minimum Gasteiger partial charge on any atom is -0.383 e. The number of pyridine rings is 1. The summed E-state index contributed by atoms with van der Waals surface area (Å²) in [7, 11) is 0. The van der Waals surface area contributed by atoms with E-state index in [-0.39, 0.29) is 0 Å². The van der Waals surface area contributed by atoms with E-state index < -0.39 is 0 Å². The number of aromatic nitrogens is 3. The first-order valence-electron chi connectivity index (χ1n) is 7.99. The van der Waals surface area contributed by atoms with Gasteiger partial charge in [-0.05, 0) is 63.2 Å². The van der Waals surface area contributed by atoms with Crippen LogP contribution in [-0.4, -0.2) is 34.1 Å². The molecule has 0 spiro atoms. The second-order valence-electron chi connectivity index (χ2n) is 6.70. The molecule has 2 atom stereocenters. The Bertz CT molecular complexity index is 716. The summed E-state index contributed by atoms with van der Waals surface area (Å²) in [5.41, 5.74) is 8.85. The van der Waals surface area contributed by atoms with Gasteiger partial charge < -0.3 is 16.4 Å². The Kier molecular flexibility index (Phi) is 3.14. The molecule has 2 unspecified atom stereocenters. The SMILES string of the molecule is Cc1cc(C)c2c(N)nc(NC3CC4CNCC4C3)nc2n1. The lowest BCUT2D eigenvalue weighted by Gasteiger charge is -2.15. The monoisotopic (exact) mass is 298 g/mol. The number of nitrogens with two attached hydrogens (primary N) is 1. The molecule has 2 fully saturated rings. The summed E-state index contributed by atoms with van der Waals surface area (Å²) in [5, 5.41) is 7.80. The molecule has 6 heteroatoms. The summed E-state index contributed by atoms with van der Waals surface area (Å²) in [6.07, 6.45) is 2.36. The molecule has 1 aliphatic heterocycles. The Morgan fingerprint density at radius 3 is 2.59 bits per heavy atom. The fraction of sp³-hybridized carbons (Fsp3) is 0.562. The van der Waals surface area contributed by atoms with Gasteiger partial charge in [0.25, 0.3) is 0 Å². The summed E-state index contributed by atoms with van der Waals surface area (Å²) in [4.78, 5) is 13.5. The third-order valence-electron chi connectivity index (χ3n) is 5.01. The van der Waals surface area contributed by atoms with Crippen LogP contribution in [0.15, 0.2) is 6.07 Å². The summed E-state index contributed by atoms with van der Waals surface area (Å²) in [6.45, 7) is 6.28. The van der Waals surface area contributed by atoms with Crippen molar-refractivity contribution in [3.8, 4) is 0 Å². The van der Waals surface area contributed by atoms with Crippen LogP contribution in [0.1, 0.15) is 24.1 Å². The highest BCUT2D eigenvalue weighted by Crippen LogP contribution is 2.35. The van der Waals surface area contributed by atoms with Gasteiger partial charge in [-0.3, -0.25) is 0 Å². The zero-order valence-electron chi connectivity index (χ0n) is 13.1. The van der Waals surface area contributed by atoms with Crippen LogP contribution < -0.4 is 16.4 Å². The van der Waals surface area contributed by atoms with Gasteiger partial charge in [-0.2, -0.15) is 9.97 Å². The molecule has 0 aromatic carbocycles. The van der Waals surface area contributed by atoms with E-state index in [2.05, 4.69) is 25.6 Å². The Labute approximate surface area is 129 Å². The van der Waals surface area contributed by atoms with Gasteiger partial charge >= 0.3 is 0 Å². The second kappa shape index (κ2) is 5.05. The maximum absolute atomic E-state index is 6.13. The molecule has 2 aliphatic rings. The Morgan fingerprint density at radius 2 is 1.86 bits per heavy atom. The largest absolute Gasteiger partial charge is 0.383 e. The number of rotatable bonds is 2. The first-order valence-corrected chi connectivity index (χ1v) is 7.99. The zero-order valence-corrected chi connectivity index (χ0v) is 13.1. The standard InChI is InChI=1S/C16H22N6/c1-8-3-9(2)19-15-13(8)14(17)21-16(22-15)20-12-4-10-6-18-7-11(10)5-12/h3,10-12,18H,4-7H2,1-2H3,(H3,17,19,20,21,22). The van der Waals surface area contributed by atoms with Gasteiger partial charge in [-0.1, -0.05) is 0 Å². The van der Waals surface area contributed by atoms with E-state index >= 15 is 0 Å². The molecule has 0 amide bonds. The molecular weight excluding hydrogens is 276 g/mol. The minimum atomic E-state index is 0.444. The molecule has 0 radical (unpaired) electrons. The zero-order chi connectivity index (χ0) is 15.3. The number of aryl methyl sites for hydroxylation is 2. The summed E-state index contributed by atoms with van der Waals surface area (Å²) >= 11 is 0. The maximum Gasteiger partial charge on any atom is 0.226 e. The van der Waals surface area contributed by atoms with E-state index in [1.807, 2.05) is 19.9 Å². The van der Waals surface area contributed by atoms with Crippen molar-refractivity contribution < 1.29 is 0 Å². The fourth-order valence-corrected chi connectivity index (χ4v) is 4.04. The molecule has 4 rings (SSSR count). The van der Waals surface area contributed by atoms with E-state index in [0.717, 1.165) is 41.6 Å². The predicted octanol–water partition coefficient (Wildman–Crippen LogP) is 1.63. The number of nitrogens with zero attached hydrogens (tertiary/aromatic N) is 3. The fourth-order valence-electron chi connectivity index (χ4n) is 4.04. The van der Waals surface area contributed by atoms with Crippen LogP contribution in [0.5, 0.6) is 0 Å². The number of anilines is 2. The smallest absolute Gasteiger partial charge is 0.226 e. The van der Waals surface area contributed by atoms with Crippen LogP contribution in [0.25, 0.3) is 11.0 Å². The molecule has 1 saturated carbocycles. The third-order valence-corrected chi connectivity index (χ3v) is 5.01. The van der Waals surface area contributed by atoms with Crippen LogP contribution in [0.3, 0.4) is 0 Å². The van der Waals surface area contributed by atoms with Gasteiger partial charge in [-0.15, -0.1) is 0 Å². The van der Waals surface area contributed by atoms with Crippen LogP contribution in [-0.2, 0) is 0 Å². The topological polar surface area (TPSA) is 88.8 Å². The molecule has 1 aliphatic carbocycles. The Hall–Kier alpha value is -1.95. The average Bonchev–Trinajstić information content (AvgIpc) is 2.97. The van der Waals surface area contributed by atoms with Crippen molar-refractivity contribution in [3.05, 3.63) is 17.3 Å². The predicted molar refractivity (Wildman–Crippen MR) is 87.7 cm³/mol. The van der Waals surface area contributed by atoms with Crippen LogP contribution in [0, 0.1) is 25.7 Å². The highest BCUT2D eigenvalue weighted by atomic mass is 15.2. The van der Waals surface area contributed by atoms with E-state index in [9.17, 15) is 0 Å². The molecule has 4 N–H and O–H groups in total. The first-order chi connectivity index (χ1) is 10.6. The van der Waals surface area contributed by atoms with Crippen LogP contribution in [0.2, 0.25) is 0 Å². The third kappa shape index (κ3) is 2.27. The van der Waals surface area contributed by atoms with E-state index in [1.165, 1.54) is 12.8 Å². The molecular formula is C16H22N6. The first kappa shape index (κ1) is 13.7. The Morgan fingerprint density at radius 1 is 1.14 bits per heavy atom. The van der Waals surface area contributed by atoms with Crippen molar-refractivity contribution in [1.29, 1.82) is 0 Å². The molecule has 2 aromatic heterocycles. The summed E-state index contributed by atoms with van der Waals surface area (Å²) in [6, 6.07) is 2.46. The van der Waals surface area contributed by atoms with Crippen LogP contribution in [0.4, 0.5) is 11.8 Å². The van der Waals surface area contributed by atoms with Crippen molar-refractivity contribution in [2.75, 3.05) is 24.1 Å². The number of fused-ring (bicyclic) bond motifs is 2. The summed E-state index contributed by atoms with van der Waals surface area (Å²) in [5.74, 6) is 2.70. The van der Waals surface area contributed by atoms with Crippen molar-refractivity contribution in [1.82, 2.24) is 20.3 Å². The molecule has 0 bridgehead atoms. The quantitative estimate of drug-likeness (QED) is 0.781. The highest BCUT2D eigenvalue weighted by molar-refractivity contribution is 5.89. The maximum atomic E-state index is 6.13. The van der Waals surface area contributed by atoms with Crippen molar-refractivity contribution in [2.24, 2.45) is 11.8 Å². The van der Waals surface area contributed by atoms with Crippen LogP contribution >= 0.6 is 0 Å². The van der Waals surface area contributed by atoms with E-state index in [1.54, 1.807) is 0 Å². The number of hydrogen-bond donors (Lipinski definition) is 3. The lowest BCUT2D eigenvalue weighted by molar-refractivity contribution is 0.494. The lowest BCUT2D eigenvalue weighted by Crippen LogP contribution is -2.22. The molecule has 116 valence electrons. The van der Waals surface area contributed by atoms with Gasteiger partial charge in [0.1, 0.15) is 5.82 Å². The van der Waals surface area contributed by atoms with Crippen molar-refractivity contribution in [2.45, 2.75) is 32.7 Å². The van der Waals surface area contributed by atoms with Gasteiger partial charge in [-0.25, -0.2) is 4.98 Å². The molecule has 2 aromatic rings. The second-order valence-corrected chi connectivity index (χ2v) is 6.70. The van der Waals surface area contributed by atoms with Crippen molar-refractivity contribution >= 4 is 22.8 Å². The highest BCUT2D eigenvalue weighted by Gasteiger charge is 2.37. The average molecular weight is 298 g/mol. The number of hydrogen-bond acceptors (Lipinski definition) is 6. The van der Waals surface area contributed by atoms with E-state index in [0.29, 0.717) is 23.5 Å². The Balaban J connectivity index is 1.62. The van der Waals surface area contributed by atoms with Gasteiger partial charge in [0.15, 0.2) is 5.65 Å². The molecule has 6 nitrogen and oxygen atoms in total. The molecule has 3 heterocycles. The lowest BCUT2D eigenvalue weighted by atomic mass is 10.0. The van der Waals surface area contributed by atoms with Gasteiger partial charge in [0.05, 0.1) is 5.39 Å².